The van der Waals surface area contributed by atoms with Gasteiger partial charge in [-0.3, -0.25) is 9.59 Å². The van der Waals surface area contributed by atoms with Gasteiger partial charge in [-0.25, -0.2) is 9.97 Å². The Balaban J connectivity index is 1.94. The lowest BCUT2D eigenvalue weighted by Crippen LogP contribution is -2.37. The van der Waals surface area contributed by atoms with Gasteiger partial charge in [0, 0.05) is 29.3 Å². The van der Waals surface area contributed by atoms with Gasteiger partial charge in [-0.2, -0.15) is 11.3 Å². The molecule has 0 amide bonds. The molecular weight excluding hydrogens is 432 g/mol. The summed E-state index contributed by atoms with van der Waals surface area (Å²) in [6, 6.07) is 8.62. The van der Waals surface area contributed by atoms with Gasteiger partial charge in [-0.1, -0.05) is 23.7 Å². The second kappa shape index (κ2) is 9.49. The Morgan fingerprint density at radius 3 is 2.59 bits per heavy atom. The molecule has 0 radical (unpaired) electrons. The highest BCUT2D eigenvalue weighted by Gasteiger charge is 2.40. The molecule has 9 heteroatoms. The number of aliphatic hydroxyl groups is 1. The van der Waals surface area contributed by atoms with Gasteiger partial charge >= 0.3 is 5.97 Å². The standard InChI is InChI=1S/C20H17ClN2O4S2/c1-27-19(25)18(29-17-5-3-2-4-15(17)21)16(24)8-20(26,13-6-7-28-11-13)14-9-22-12-23-10-14/h2-7,9-12,18,26H,8H2,1H3. The van der Waals surface area contributed by atoms with Crippen LogP contribution >= 0.6 is 34.7 Å². The van der Waals surface area contributed by atoms with E-state index in [0.717, 1.165) is 11.8 Å². The minimum Gasteiger partial charge on any atom is -0.468 e. The number of methoxy groups -OCH3 is 1. The lowest BCUT2D eigenvalue weighted by Gasteiger charge is -2.28. The number of esters is 1. The fourth-order valence-electron chi connectivity index (χ4n) is 2.75. The number of carbonyl (C=O) groups is 2. The van der Waals surface area contributed by atoms with Crippen molar-refractivity contribution in [1.29, 1.82) is 0 Å². The van der Waals surface area contributed by atoms with Crippen LogP contribution in [0, 0.1) is 0 Å². The molecule has 3 rings (SSSR count). The van der Waals surface area contributed by atoms with Crippen LogP contribution < -0.4 is 0 Å². The number of hydrogen-bond acceptors (Lipinski definition) is 8. The van der Waals surface area contributed by atoms with Gasteiger partial charge in [0.2, 0.25) is 0 Å². The summed E-state index contributed by atoms with van der Waals surface area (Å²) in [6.07, 6.45) is 3.89. The summed E-state index contributed by atoms with van der Waals surface area (Å²) in [5.41, 5.74) is -0.791. The maximum atomic E-state index is 13.2. The molecular formula is C20H17ClN2O4S2. The fourth-order valence-corrected chi connectivity index (χ4v) is 4.74. The molecule has 2 heterocycles. The molecule has 0 fully saturated rings. The maximum Gasteiger partial charge on any atom is 0.326 e. The number of nitrogens with zero attached hydrogens (tertiary/aromatic N) is 2. The predicted molar refractivity (Wildman–Crippen MR) is 112 cm³/mol. The van der Waals surface area contributed by atoms with Crippen molar-refractivity contribution >= 4 is 46.5 Å². The largest absolute Gasteiger partial charge is 0.468 e. The Hall–Kier alpha value is -2.26. The Kier molecular flexibility index (Phi) is 7.02. The molecule has 2 atom stereocenters. The van der Waals surface area contributed by atoms with Gasteiger partial charge in [0.1, 0.15) is 11.9 Å². The molecule has 0 aliphatic carbocycles. The number of ketones is 1. The second-order valence-corrected chi connectivity index (χ2v) is 8.43. The van der Waals surface area contributed by atoms with Gasteiger partial charge in [-0.15, -0.1) is 11.8 Å². The molecule has 0 spiro atoms. The van der Waals surface area contributed by atoms with Crippen LogP contribution in [0.2, 0.25) is 5.02 Å². The highest BCUT2D eigenvalue weighted by Crippen LogP contribution is 2.37. The third kappa shape index (κ3) is 4.84. The molecule has 2 aromatic heterocycles. The van der Waals surface area contributed by atoms with Crippen LogP contribution in [-0.4, -0.2) is 39.2 Å². The number of carbonyl (C=O) groups excluding carboxylic acids is 2. The van der Waals surface area contributed by atoms with Crippen molar-refractivity contribution in [2.24, 2.45) is 0 Å². The Morgan fingerprint density at radius 1 is 1.24 bits per heavy atom. The number of halogens is 1. The van der Waals surface area contributed by atoms with Crippen molar-refractivity contribution in [3.8, 4) is 0 Å². The quantitative estimate of drug-likeness (QED) is 0.319. The van der Waals surface area contributed by atoms with E-state index in [0.29, 0.717) is 21.0 Å². The van der Waals surface area contributed by atoms with E-state index in [1.54, 1.807) is 41.1 Å². The van der Waals surface area contributed by atoms with E-state index in [9.17, 15) is 14.7 Å². The molecule has 29 heavy (non-hydrogen) atoms. The fraction of sp³-hybridized carbons (Fsp3) is 0.200. The number of thioether (sulfide) groups is 1. The summed E-state index contributed by atoms with van der Waals surface area (Å²) in [7, 11) is 1.21. The molecule has 0 bridgehead atoms. The summed E-state index contributed by atoms with van der Waals surface area (Å²) in [5.74, 6) is -1.21. The number of ether oxygens (including phenoxy) is 1. The first-order chi connectivity index (χ1) is 14.0. The maximum absolute atomic E-state index is 13.2. The smallest absolute Gasteiger partial charge is 0.326 e. The monoisotopic (exact) mass is 448 g/mol. The number of aromatic nitrogens is 2. The lowest BCUT2D eigenvalue weighted by atomic mass is 9.84. The van der Waals surface area contributed by atoms with Crippen molar-refractivity contribution in [3.63, 3.8) is 0 Å². The third-order valence-electron chi connectivity index (χ3n) is 4.26. The first-order valence-electron chi connectivity index (χ1n) is 8.48. The number of thiophene rings is 1. The highest BCUT2D eigenvalue weighted by molar-refractivity contribution is 8.01. The first-order valence-corrected chi connectivity index (χ1v) is 10.7. The summed E-state index contributed by atoms with van der Waals surface area (Å²) in [6.45, 7) is 0. The van der Waals surface area contributed by atoms with Crippen molar-refractivity contribution in [1.82, 2.24) is 9.97 Å². The zero-order valence-corrected chi connectivity index (χ0v) is 17.7. The SMILES string of the molecule is COC(=O)C(Sc1ccccc1Cl)C(=O)CC(O)(c1cncnc1)c1ccsc1. The topological polar surface area (TPSA) is 89.4 Å². The van der Waals surface area contributed by atoms with Crippen LogP contribution in [0.4, 0.5) is 0 Å². The molecule has 150 valence electrons. The summed E-state index contributed by atoms with van der Waals surface area (Å²) < 4.78 is 4.83. The van der Waals surface area contributed by atoms with Crippen LogP contribution in [0.3, 0.4) is 0 Å². The van der Waals surface area contributed by atoms with Gasteiger partial charge in [0.15, 0.2) is 11.0 Å². The Morgan fingerprint density at radius 2 is 1.97 bits per heavy atom. The predicted octanol–water partition coefficient (Wildman–Crippen LogP) is 3.72. The van der Waals surface area contributed by atoms with Crippen molar-refractivity contribution in [2.75, 3.05) is 7.11 Å². The first kappa shape index (κ1) is 21.4. The third-order valence-corrected chi connectivity index (χ3v) is 6.68. The molecule has 1 aromatic carbocycles. The van der Waals surface area contributed by atoms with Gasteiger partial charge in [0.25, 0.3) is 0 Å². The zero-order chi connectivity index (χ0) is 20.9. The number of benzene rings is 1. The van der Waals surface area contributed by atoms with E-state index < -0.39 is 22.6 Å². The molecule has 3 aromatic rings. The van der Waals surface area contributed by atoms with E-state index in [1.807, 2.05) is 0 Å². The van der Waals surface area contributed by atoms with Gasteiger partial charge in [0.05, 0.1) is 12.1 Å². The van der Waals surface area contributed by atoms with Crippen LogP contribution in [0.1, 0.15) is 17.5 Å². The van der Waals surface area contributed by atoms with E-state index in [2.05, 4.69) is 9.97 Å². The van der Waals surface area contributed by atoms with E-state index >= 15 is 0 Å². The average Bonchev–Trinajstić information content (AvgIpc) is 3.28. The number of Topliss-reactive ketones (excluding diaryl/α,β-unsaturated/α-hetero) is 1. The van der Waals surface area contributed by atoms with Gasteiger partial charge < -0.3 is 9.84 Å². The van der Waals surface area contributed by atoms with Crippen LogP contribution in [0.25, 0.3) is 0 Å². The molecule has 0 aliphatic rings. The minimum atomic E-state index is -1.67. The van der Waals surface area contributed by atoms with E-state index in [1.165, 1.54) is 37.2 Å². The van der Waals surface area contributed by atoms with Crippen LogP contribution in [0.15, 0.2) is 64.7 Å². The number of hydrogen-bond donors (Lipinski definition) is 1. The van der Waals surface area contributed by atoms with E-state index in [-0.39, 0.29) is 6.42 Å². The second-order valence-electron chi connectivity index (χ2n) is 6.09. The van der Waals surface area contributed by atoms with Crippen molar-refractivity contribution in [3.05, 3.63) is 76.0 Å². The van der Waals surface area contributed by atoms with Gasteiger partial charge in [-0.05, 0) is 34.5 Å². The van der Waals surface area contributed by atoms with Crippen LogP contribution in [0.5, 0.6) is 0 Å². The Labute approximate surface area is 180 Å². The molecule has 2 unspecified atom stereocenters. The molecule has 0 saturated heterocycles. The molecule has 0 aliphatic heterocycles. The lowest BCUT2D eigenvalue weighted by molar-refractivity contribution is -0.143. The van der Waals surface area contributed by atoms with Crippen LogP contribution in [-0.2, 0) is 19.9 Å². The summed E-state index contributed by atoms with van der Waals surface area (Å²) in [5, 5.41) is 14.2. The molecule has 0 saturated carbocycles. The van der Waals surface area contributed by atoms with E-state index in [4.69, 9.17) is 16.3 Å². The summed E-state index contributed by atoms with van der Waals surface area (Å²) >= 11 is 8.56. The summed E-state index contributed by atoms with van der Waals surface area (Å²) in [4.78, 5) is 34.0. The average molecular weight is 449 g/mol. The zero-order valence-electron chi connectivity index (χ0n) is 15.3. The normalized spacial score (nSPS) is 14.0. The minimum absolute atomic E-state index is 0.353. The molecule has 1 N–H and O–H groups in total. The highest BCUT2D eigenvalue weighted by atomic mass is 35.5. The van der Waals surface area contributed by atoms with Crippen molar-refractivity contribution in [2.45, 2.75) is 22.2 Å². The molecule has 6 nitrogen and oxygen atoms in total. The van der Waals surface area contributed by atoms with Crippen molar-refractivity contribution < 1.29 is 19.4 Å². The number of rotatable bonds is 8. The Bertz CT molecular complexity index is 985.